The lowest BCUT2D eigenvalue weighted by Gasteiger charge is -2.20. The highest BCUT2D eigenvalue weighted by Gasteiger charge is 2.20. The summed E-state index contributed by atoms with van der Waals surface area (Å²) in [4.78, 5) is 5.60. The minimum atomic E-state index is 0.561. The van der Waals surface area contributed by atoms with E-state index in [1.807, 2.05) is 4.68 Å². The Bertz CT molecular complexity index is 848. The maximum absolute atomic E-state index is 5.47. The van der Waals surface area contributed by atoms with Crippen LogP contribution in [0.3, 0.4) is 0 Å². The molecule has 1 unspecified atom stereocenters. The van der Waals surface area contributed by atoms with Crippen LogP contribution in [0, 0.1) is 12.8 Å². The van der Waals surface area contributed by atoms with Gasteiger partial charge in [0.25, 0.3) is 0 Å². The van der Waals surface area contributed by atoms with E-state index in [4.69, 9.17) is 4.74 Å². The molecule has 0 amide bonds. The van der Waals surface area contributed by atoms with E-state index in [-0.39, 0.29) is 0 Å². The summed E-state index contributed by atoms with van der Waals surface area (Å²) < 4.78 is 7.37. The van der Waals surface area contributed by atoms with Crippen molar-refractivity contribution in [3.63, 3.8) is 0 Å². The molecule has 132 valence electrons. The van der Waals surface area contributed by atoms with Gasteiger partial charge >= 0.3 is 0 Å². The Labute approximate surface area is 147 Å². The van der Waals surface area contributed by atoms with Crippen LogP contribution in [0.2, 0.25) is 0 Å². The van der Waals surface area contributed by atoms with Crippen molar-refractivity contribution in [2.24, 2.45) is 5.92 Å². The summed E-state index contributed by atoms with van der Waals surface area (Å²) in [5.74, 6) is 1.38. The van der Waals surface area contributed by atoms with Gasteiger partial charge in [0, 0.05) is 42.7 Å². The number of rotatable bonds is 6. The number of hydrogen-bond acceptors (Lipinski definition) is 5. The summed E-state index contributed by atoms with van der Waals surface area (Å²) in [7, 11) is 2.05. The second kappa shape index (κ2) is 6.84. The Hall–Kier alpha value is -2.41. The lowest BCUT2D eigenvalue weighted by atomic mass is 10.1. The number of fused-ring (bicyclic) bond motifs is 1. The highest BCUT2D eigenvalue weighted by atomic mass is 16.5. The number of aromatic nitrogens is 5. The van der Waals surface area contributed by atoms with Gasteiger partial charge < -0.3 is 14.6 Å². The van der Waals surface area contributed by atoms with Crippen LogP contribution >= 0.6 is 0 Å². The fourth-order valence-electron chi connectivity index (χ4n) is 3.69. The smallest absolute Gasteiger partial charge is 0.245 e. The molecule has 1 aromatic carbocycles. The molecule has 1 saturated heterocycles. The first-order chi connectivity index (χ1) is 12.2. The first-order valence-electron chi connectivity index (χ1n) is 8.83. The summed E-state index contributed by atoms with van der Waals surface area (Å²) >= 11 is 0. The predicted molar refractivity (Wildman–Crippen MR) is 96.8 cm³/mol. The molecule has 1 N–H and O–H groups in total. The molecule has 0 saturated carbocycles. The average molecular weight is 340 g/mol. The Morgan fingerprint density at radius 2 is 2.24 bits per heavy atom. The molecule has 7 nitrogen and oxygen atoms in total. The minimum absolute atomic E-state index is 0.561. The van der Waals surface area contributed by atoms with Gasteiger partial charge in [-0.2, -0.15) is 0 Å². The summed E-state index contributed by atoms with van der Waals surface area (Å²) in [5.41, 5.74) is 3.74. The van der Waals surface area contributed by atoms with E-state index in [1.165, 1.54) is 22.2 Å². The standard InChI is InChI=1S/C18H24N6O/c1-13-15(16-5-3-4-6-17(16)19-13)7-9-24-18(20-21-22-24)23(2)11-14-8-10-25-12-14/h3-6,14,19H,7-12H2,1-2H3. The second-order valence-electron chi connectivity index (χ2n) is 6.84. The summed E-state index contributed by atoms with van der Waals surface area (Å²) in [6.45, 7) is 5.51. The van der Waals surface area contributed by atoms with E-state index < -0.39 is 0 Å². The third kappa shape index (κ3) is 3.24. The number of aromatic amines is 1. The monoisotopic (exact) mass is 340 g/mol. The maximum Gasteiger partial charge on any atom is 0.245 e. The Balaban J connectivity index is 1.48. The zero-order valence-electron chi connectivity index (χ0n) is 14.8. The zero-order chi connectivity index (χ0) is 17.2. The van der Waals surface area contributed by atoms with Crippen molar-refractivity contribution in [3.05, 3.63) is 35.5 Å². The minimum Gasteiger partial charge on any atom is -0.381 e. The summed E-state index contributed by atoms with van der Waals surface area (Å²) in [6.07, 6.45) is 2.01. The fraction of sp³-hybridized carbons (Fsp3) is 0.500. The number of aryl methyl sites for hydroxylation is 3. The highest BCUT2D eigenvalue weighted by molar-refractivity contribution is 5.84. The molecule has 25 heavy (non-hydrogen) atoms. The molecule has 1 aliphatic rings. The maximum atomic E-state index is 5.47. The molecule has 0 radical (unpaired) electrons. The van der Waals surface area contributed by atoms with Crippen LogP contribution in [-0.2, 0) is 17.7 Å². The quantitative estimate of drug-likeness (QED) is 0.745. The summed E-state index contributed by atoms with van der Waals surface area (Å²) in [6, 6.07) is 8.43. The highest BCUT2D eigenvalue weighted by Crippen LogP contribution is 2.23. The lowest BCUT2D eigenvalue weighted by Crippen LogP contribution is -2.28. The molecule has 2 aromatic heterocycles. The van der Waals surface area contributed by atoms with Gasteiger partial charge in [-0.3, -0.25) is 0 Å². The van der Waals surface area contributed by atoms with E-state index in [2.05, 4.69) is 63.6 Å². The predicted octanol–water partition coefficient (Wildman–Crippen LogP) is 2.18. The van der Waals surface area contributed by atoms with Gasteiger partial charge in [-0.1, -0.05) is 23.3 Å². The second-order valence-corrected chi connectivity index (χ2v) is 6.84. The molecule has 0 spiro atoms. The van der Waals surface area contributed by atoms with E-state index in [0.29, 0.717) is 5.92 Å². The molecule has 3 aromatic rings. The number of nitrogens with one attached hydrogen (secondary N) is 1. The van der Waals surface area contributed by atoms with E-state index in [9.17, 15) is 0 Å². The fourth-order valence-corrected chi connectivity index (χ4v) is 3.69. The molecule has 0 aliphatic carbocycles. The Morgan fingerprint density at radius 3 is 3.08 bits per heavy atom. The van der Waals surface area contributed by atoms with Gasteiger partial charge in [-0.05, 0) is 41.8 Å². The lowest BCUT2D eigenvalue weighted by molar-refractivity contribution is 0.186. The van der Waals surface area contributed by atoms with Crippen LogP contribution in [0.25, 0.3) is 10.9 Å². The van der Waals surface area contributed by atoms with Crippen molar-refractivity contribution >= 4 is 16.9 Å². The van der Waals surface area contributed by atoms with Crippen LogP contribution in [0.15, 0.2) is 24.3 Å². The number of H-pyrrole nitrogens is 1. The summed E-state index contributed by atoms with van der Waals surface area (Å²) in [5, 5.41) is 13.6. The molecule has 1 atom stereocenters. The van der Waals surface area contributed by atoms with Crippen LogP contribution in [-0.4, -0.2) is 52.0 Å². The molecular formula is C18H24N6O. The number of nitrogens with zero attached hydrogens (tertiary/aromatic N) is 5. The van der Waals surface area contributed by atoms with Gasteiger partial charge in [0.15, 0.2) is 0 Å². The Kier molecular flexibility index (Phi) is 4.40. The number of ether oxygens (including phenoxy) is 1. The van der Waals surface area contributed by atoms with Gasteiger partial charge in [-0.25, -0.2) is 4.68 Å². The van der Waals surface area contributed by atoms with E-state index in [0.717, 1.165) is 45.1 Å². The number of benzene rings is 1. The van der Waals surface area contributed by atoms with Crippen molar-refractivity contribution in [2.45, 2.75) is 26.3 Å². The normalized spacial score (nSPS) is 17.4. The third-order valence-electron chi connectivity index (χ3n) is 5.01. The SMILES string of the molecule is Cc1[nH]c2ccccc2c1CCn1nnnc1N(C)CC1CCOC1. The largest absolute Gasteiger partial charge is 0.381 e. The molecule has 4 rings (SSSR count). The van der Waals surface area contributed by atoms with Gasteiger partial charge in [0.05, 0.1) is 13.2 Å². The van der Waals surface area contributed by atoms with Crippen LogP contribution < -0.4 is 4.90 Å². The van der Waals surface area contributed by atoms with E-state index in [1.54, 1.807) is 0 Å². The van der Waals surface area contributed by atoms with Gasteiger partial charge in [0.2, 0.25) is 5.95 Å². The topological polar surface area (TPSA) is 71.9 Å². The molecular weight excluding hydrogens is 316 g/mol. The number of anilines is 1. The molecule has 7 heteroatoms. The van der Waals surface area contributed by atoms with Gasteiger partial charge in [-0.15, -0.1) is 0 Å². The average Bonchev–Trinajstić information content (AvgIpc) is 3.32. The van der Waals surface area contributed by atoms with Gasteiger partial charge in [0.1, 0.15) is 0 Å². The van der Waals surface area contributed by atoms with E-state index >= 15 is 0 Å². The number of tetrazole rings is 1. The van der Waals surface area contributed by atoms with Crippen molar-refractivity contribution in [1.82, 2.24) is 25.2 Å². The number of hydrogen-bond donors (Lipinski definition) is 1. The van der Waals surface area contributed by atoms with Crippen molar-refractivity contribution < 1.29 is 4.74 Å². The Morgan fingerprint density at radius 1 is 1.36 bits per heavy atom. The van der Waals surface area contributed by atoms with Crippen LogP contribution in [0.4, 0.5) is 5.95 Å². The van der Waals surface area contributed by atoms with Crippen LogP contribution in [0.5, 0.6) is 0 Å². The number of para-hydroxylation sites is 1. The molecule has 1 aliphatic heterocycles. The van der Waals surface area contributed by atoms with Crippen LogP contribution in [0.1, 0.15) is 17.7 Å². The van der Waals surface area contributed by atoms with Crippen molar-refractivity contribution in [1.29, 1.82) is 0 Å². The van der Waals surface area contributed by atoms with Crippen molar-refractivity contribution in [3.8, 4) is 0 Å². The first-order valence-corrected chi connectivity index (χ1v) is 8.83. The first kappa shape index (κ1) is 16.1. The third-order valence-corrected chi connectivity index (χ3v) is 5.01. The van der Waals surface area contributed by atoms with Crippen molar-refractivity contribution in [2.75, 3.05) is 31.7 Å². The molecule has 0 bridgehead atoms. The molecule has 1 fully saturated rings. The zero-order valence-corrected chi connectivity index (χ0v) is 14.8. The molecule has 3 heterocycles.